The zero-order valence-electron chi connectivity index (χ0n) is 12.3. The van der Waals surface area contributed by atoms with Crippen LogP contribution >= 0.6 is 11.6 Å². The number of hydrogen-bond donors (Lipinski definition) is 4. The van der Waals surface area contributed by atoms with Gasteiger partial charge < -0.3 is 30.1 Å². The first-order chi connectivity index (χ1) is 10.8. The van der Waals surface area contributed by atoms with Crippen LogP contribution < -0.4 is 0 Å². The van der Waals surface area contributed by atoms with Gasteiger partial charge >= 0.3 is 0 Å². The summed E-state index contributed by atoms with van der Waals surface area (Å²) in [7, 11) is 1.66. The fraction of sp³-hybridized carbons (Fsp3) is 0.500. The maximum Gasteiger partial charge on any atom is 0.292 e. The molecule has 1 aliphatic heterocycles. The second-order valence-corrected chi connectivity index (χ2v) is 5.67. The van der Waals surface area contributed by atoms with Gasteiger partial charge in [0.05, 0.1) is 23.9 Å². The zero-order chi connectivity index (χ0) is 17.1. The molecule has 4 N–H and O–H groups in total. The summed E-state index contributed by atoms with van der Waals surface area (Å²) in [5, 5.41) is 37.8. The van der Waals surface area contributed by atoms with Crippen LogP contribution in [0.5, 0.6) is 0 Å². The van der Waals surface area contributed by atoms with Crippen LogP contribution in [0.15, 0.2) is 23.2 Å². The molecule has 0 aliphatic carbocycles. The number of aliphatic imine (C=N–C) groups is 1. The molecule has 0 radical (unpaired) electrons. The number of benzene rings is 1. The lowest BCUT2D eigenvalue weighted by Gasteiger charge is -2.24. The molecule has 1 saturated heterocycles. The van der Waals surface area contributed by atoms with Crippen molar-refractivity contribution in [2.75, 3.05) is 20.2 Å². The average Bonchev–Trinajstić information content (AvgIpc) is 2.89. The molecule has 0 spiro atoms. The molecule has 4 atom stereocenters. The molecule has 1 aromatic carbocycles. The van der Waals surface area contributed by atoms with E-state index in [0.29, 0.717) is 5.69 Å². The van der Waals surface area contributed by atoms with Gasteiger partial charge in [-0.2, -0.15) is 4.99 Å². The first-order valence-electron chi connectivity index (χ1n) is 6.90. The Balaban J connectivity index is 2.11. The van der Waals surface area contributed by atoms with Crippen molar-refractivity contribution in [1.29, 1.82) is 0 Å². The number of likely N-dealkylation sites (N-methyl/N-ethyl adjacent to an activating group) is 1. The number of ether oxygens (including phenoxy) is 1. The Morgan fingerprint density at radius 2 is 2.13 bits per heavy atom. The fourth-order valence-electron chi connectivity index (χ4n) is 2.12. The first-order valence-corrected chi connectivity index (χ1v) is 7.28. The minimum Gasteiger partial charge on any atom is -0.457 e. The third-order valence-electron chi connectivity index (χ3n) is 3.48. The highest BCUT2D eigenvalue weighted by molar-refractivity contribution is 6.31. The smallest absolute Gasteiger partial charge is 0.292 e. The zero-order valence-corrected chi connectivity index (χ0v) is 13.1. The van der Waals surface area contributed by atoms with E-state index in [9.17, 15) is 19.7 Å². The highest BCUT2D eigenvalue weighted by Gasteiger charge is 2.38. The predicted octanol–water partition coefficient (Wildman–Crippen LogP) is -0.128. The van der Waals surface area contributed by atoms with Gasteiger partial charge in [-0.05, 0) is 18.2 Å². The Hall–Kier alpha value is -1.45. The van der Waals surface area contributed by atoms with E-state index in [2.05, 4.69) is 4.99 Å². The van der Waals surface area contributed by atoms with Crippen LogP contribution in [0, 0.1) is 5.82 Å². The van der Waals surface area contributed by atoms with Crippen molar-refractivity contribution in [3.8, 4) is 0 Å². The summed E-state index contributed by atoms with van der Waals surface area (Å²) >= 11 is 5.68. The topological polar surface area (TPSA) is 106 Å². The predicted molar refractivity (Wildman–Crippen MR) is 81.1 cm³/mol. The largest absolute Gasteiger partial charge is 0.457 e. The summed E-state index contributed by atoms with van der Waals surface area (Å²) in [5.74, 6) is -0.564. The SMILES string of the molecule is CN1CC([C@@H](O)[C@@H](O)[C@H](O)CO)OC1=Nc1ccc(F)c(Cl)c1. The highest BCUT2D eigenvalue weighted by atomic mass is 35.5. The van der Waals surface area contributed by atoms with Crippen molar-refractivity contribution >= 4 is 23.3 Å². The molecule has 0 bridgehead atoms. The van der Waals surface area contributed by atoms with E-state index in [1.807, 2.05) is 0 Å². The van der Waals surface area contributed by atoms with E-state index in [4.69, 9.17) is 21.4 Å². The molecule has 7 nitrogen and oxygen atoms in total. The van der Waals surface area contributed by atoms with Crippen LogP contribution in [-0.4, -0.2) is 76.0 Å². The number of rotatable bonds is 5. The number of hydrogen-bond acceptors (Lipinski definition) is 6. The van der Waals surface area contributed by atoms with E-state index in [1.54, 1.807) is 11.9 Å². The van der Waals surface area contributed by atoms with Crippen LogP contribution in [0.3, 0.4) is 0 Å². The maximum absolute atomic E-state index is 13.1. The normalized spacial score (nSPS) is 23.7. The van der Waals surface area contributed by atoms with Crippen molar-refractivity contribution in [2.24, 2.45) is 4.99 Å². The van der Waals surface area contributed by atoms with Gasteiger partial charge in [0.15, 0.2) is 0 Å². The van der Waals surface area contributed by atoms with Crippen LogP contribution in [-0.2, 0) is 4.74 Å². The highest BCUT2D eigenvalue weighted by Crippen LogP contribution is 2.24. The van der Waals surface area contributed by atoms with Crippen molar-refractivity contribution in [3.05, 3.63) is 29.0 Å². The second kappa shape index (κ2) is 7.41. The molecule has 9 heteroatoms. The summed E-state index contributed by atoms with van der Waals surface area (Å²) < 4.78 is 18.6. The maximum atomic E-state index is 13.1. The van der Waals surface area contributed by atoms with Gasteiger partial charge in [-0.25, -0.2) is 4.39 Å². The molecular formula is C14H18ClFN2O5. The Bertz CT molecular complexity index is 588. The lowest BCUT2D eigenvalue weighted by Crippen LogP contribution is -2.47. The first kappa shape index (κ1) is 17.9. The average molecular weight is 349 g/mol. The minimum absolute atomic E-state index is 0.0782. The quantitative estimate of drug-likeness (QED) is 0.591. The van der Waals surface area contributed by atoms with Crippen LogP contribution in [0.2, 0.25) is 5.02 Å². The lowest BCUT2D eigenvalue weighted by molar-refractivity contribution is -0.106. The van der Waals surface area contributed by atoms with E-state index in [0.717, 1.165) is 0 Å². The Labute approximate surface area is 137 Å². The minimum atomic E-state index is -1.56. The summed E-state index contributed by atoms with van der Waals surface area (Å²) in [6, 6.07) is 4.07. The molecule has 1 unspecified atom stereocenters. The van der Waals surface area contributed by atoms with Gasteiger partial charge in [0.25, 0.3) is 6.02 Å². The summed E-state index contributed by atoms with van der Waals surface area (Å²) in [5.41, 5.74) is 0.365. The number of nitrogens with zero attached hydrogens (tertiary/aromatic N) is 2. The van der Waals surface area contributed by atoms with Gasteiger partial charge in [-0.15, -0.1) is 0 Å². The monoisotopic (exact) mass is 348 g/mol. The molecular weight excluding hydrogens is 331 g/mol. The van der Waals surface area contributed by atoms with Crippen molar-refractivity contribution < 1.29 is 29.6 Å². The van der Waals surface area contributed by atoms with Crippen molar-refractivity contribution in [2.45, 2.75) is 24.4 Å². The summed E-state index contributed by atoms with van der Waals surface area (Å²) in [4.78, 5) is 5.75. The second-order valence-electron chi connectivity index (χ2n) is 5.26. The number of aliphatic hydroxyl groups is 4. The Kier molecular flexibility index (Phi) is 5.77. The van der Waals surface area contributed by atoms with E-state index < -0.39 is 36.8 Å². The van der Waals surface area contributed by atoms with Gasteiger partial charge in [0, 0.05) is 7.05 Å². The van der Waals surface area contributed by atoms with Crippen LogP contribution in [0.4, 0.5) is 10.1 Å². The van der Waals surface area contributed by atoms with Crippen LogP contribution in [0.1, 0.15) is 0 Å². The van der Waals surface area contributed by atoms with E-state index in [1.165, 1.54) is 18.2 Å². The molecule has 1 fully saturated rings. The Morgan fingerprint density at radius 3 is 2.74 bits per heavy atom. The van der Waals surface area contributed by atoms with Crippen LogP contribution in [0.25, 0.3) is 0 Å². The van der Waals surface area contributed by atoms with E-state index in [-0.39, 0.29) is 17.6 Å². The van der Waals surface area contributed by atoms with Gasteiger partial charge in [0.1, 0.15) is 30.2 Å². The summed E-state index contributed by atoms with van der Waals surface area (Å²) in [6.07, 6.45) is -5.29. The third kappa shape index (κ3) is 4.10. The molecule has 1 heterocycles. The molecule has 0 amide bonds. The van der Waals surface area contributed by atoms with Crippen molar-refractivity contribution in [1.82, 2.24) is 4.90 Å². The summed E-state index contributed by atoms with van der Waals surface area (Å²) in [6.45, 7) is -0.472. The third-order valence-corrected chi connectivity index (χ3v) is 3.77. The molecule has 1 aliphatic rings. The standard InChI is InChI=1S/C14H18ClFN2O5/c1-18-5-11(13(22)12(21)10(20)6-19)23-14(18)17-7-2-3-9(16)8(15)4-7/h2-4,10-13,19-22H,5-6H2,1H3/t10-,11?,12+,13-/m1/s1. The molecule has 23 heavy (non-hydrogen) atoms. The number of amidine groups is 1. The number of aliphatic hydroxyl groups excluding tert-OH is 4. The molecule has 0 saturated carbocycles. The van der Waals surface area contributed by atoms with Gasteiger partial charge in [-0.3, -0.25) is 0 Å². The molecule has 128 valence electrons. The molecule has 0 aromatic heterocycles. The number of halogens is 2. The van der Waals surface area contributed by atoms with Gasteiger partial charge in [0.2, 0.25) is 0 Å². The van der Waals surface area contributed by atoms with E-state index >= 15 is 0 Å². The lowest BCUT2D eigenvalue weighted by atomic mass is 10.0. The molecule has 2 rings (SSSR count). The van der Waals surface area contributed by atoms with Gasteiger partial charge in [-0.1, -0.05) is 11.6 Å². The van der Waals surface area contributed by atoms with Crippen molar-refractivity contribution in [3.63, 3.8) is 0 Å². The fourth-order valence-corrected chi connectivity index (χ4v) is 2.30. The molecule has 1 aromatic rings. The Morgan fingerprint density at radius 1 is 1.43 bits per heavy atom.